The van der Waals surface area contributed by atoms with Crippen LogP contribution in [-0.2, 0) is 14.3 Å². The molecule has 1 aliphatic heterocycles. The van der Waals surface area contributed by atoms with Gasteiger partial charge in [0.25, 0.3) is 5.91 Å². The summed E-state index contributed by atoms with van der Waals surface area (Å²) in [4.78, 5) is 23.7. The lowest BCUT2D eigenvalue weighted by atomic mass is 10.1. The van der Waals surface area contributed by atoms with Crippen LogP contribution in [0.5, 0.6) is 0 Å². The van der Waals surface area contributed by atoms with Gasteiger partial charge < -0.3 is 10.1 Å². The minimum atomic E-state index is -0.481. The largest absolute Gasteiger partial charge is 0.342 e. The van der Waals surface area contributed by atoms with Crippen LogP contribution in [0.3, 0.4) is 0 Å². The smallest absolute Gasteiger partial charge is 0.251 e. The predicted octanol–water partition coefficient (Wildman–Crippen LogP) is 4.45. The molecule has 4 heteroatoms. The fourth-order valence-corrected chi connectivity index (χ4v) is 2.74. The number of nitrogens with one attached hydrogen (secondary N) is 1. The summed E-state index contributed by atoms with van der Waals surface area (Å²) in [6, 6.07) is 0. The summed E-state index contributed by atoms with van der Waals surface area (Å²) in [5, 5.41) is 2.75. The van der Waals surface area contributed by atoms with E-state index in [0.717, 1.165) is 37.7 Å². The van der Waals surface area contributed by atoms with Gasteiger partial charge in [0.05, 0.1) is 0 Å². The van der Waals surface area contributed by atoms with Crippen LogP contribution in [0.4, 0.5) is 0 Å². The predicted molar refractivity (Wildman–Crippen MR) is 97.6 cm³/mol. The van der Waals surface area contributed by atoms with Crippen molar-refractivity contribution in [2.45, 2.75) is 90.9 Å². The normalized spacial score (nSPS) is 21.5. The van der Waals surface area contributed by atoms with Crippen molar-refractivity contribution in [3.63, 3.8) is 0 Å². The van der Waals surface area contributed by atoms with Crippen LogP contribution in [0.15, 0.2) is 23.8 Å². The molecule has 0 aromatic heterocycles. The van der Waals surface area contributed by atoms with Crippen LogP contribution in [0.1, 0.15) is 78.6 Å². The lowest BCUT2D eigenvalue weighted by Gasteiger charge is -2.06. The molecule has 1 saturated heterocycles. The summed E-state index contributed by atoms with van der Waals surface area (Å²) in [7, 11) is 0. The second-order valence-corrected chi connectivity index (χ2v) is 6.61. The number of carbonyl (C=O) groups excluding carboxylic acids is 2. The molecule has 1 amide bonds. The van der Waals surface area contributed by atoms with E-state index in [-0.39, 0.29) is 17.8 Å². The van der Waals surface area contributed by atoms with E-state index < -0.39 is 6.23 Å². The number of rotatable bonds is 12. The van der Waals surface area contributed by atoms with Crippen LogP contribution in [-0.4, -0.2) is 24.0 Å². The molecule has 0 spiro atoms. The first-order valence-electron chi connectivity index (χ1n) is 9.42. The molecular weight excluding hydrogens is 302 g/mol. The molecule has 4 nitrogen and oxygen atoms in total. The molecule has 2 unspecified atom stereocenters. The van der Waals surface area contributed by atoms with E-state index in [2.05, 4.69) is 19.2 Å². The number of ether oxygens (including phenoxy) is 1. The van der Waals surface area contributed by atoms with Crippen LogP contribution in [0.25, 0.3) is 0 Å². The van der Waals surface area contributed by atoms with Gasteiger partial charge in [-0.15, -0.1) is 0 Å². The summed E-state index contributed by atoms with van der Waals surface area (Å²) in [6.45, 7) is 6.29. The Hall–Kier alpha value is -1.42. The molecule has 1 N–H and O–H groups in total. The maximum Gasteiger partial charge on any atom is 0.251 e. The van der Waals surface area contributed by atoms with Crippen molar-refractivity contribution < 1.29 is 14.3 Å². The van der Waals surface area contributed by atoms with Crippen LogP contribution >= 0.6 is 0 Å². The molecule has 0 radical (unpaired) electrons. The van der Waals surface area contributed by atoms with Crippen molar-refractivity contribution >= 4 is 11.7 Å². The third-order valence-electron chi connectivity index (χ3n) is 4.21. The Morgan fingerprint density at radius 2 is 1.83 bits per heavy atom. The first-order valence-corrected chi connectivity index (χ1v) is 9.42. The first kappa shape index (κ1) is 20.6. The molecule has 1 fully saturated rings. The van der Waals surface area contributed by atoms with Gasteiger partial charge in [0.2, 0.25) is 0 Å². The molecular formula is C20H33NO3. The zero-order valence-electron chi connectivity index (χ0n) is 15.5. The average Bonchev–Trinajstić information content (AvgIpc) is 2.91. The molecule has 1 heterocycles. The van der Waals surface area contributed by atoms with Crippen molar-refractivity contribution in [1.29, 1.82) is 0 Å². The van der Waals surface area contributed by atoms with Crippen LogP contribution < -0.4 is 5.32 Å². The van der Waals surface area contributed by atoms with Crippen LogP contribution in [0, 0.1) is 0 Å². The van der Waals surface area contributed by atoms with E-state index in [1.807, 2.05) is 6.92 Å². The van der Waals surface area contributed by atoms with Gasteiger partial charge in [-0.2, -0.15) is 0 Å². The van der Waals surface area contributed by atoms with Crippen molar-refractivity contribution in [2.75, 3.05) is 0 Å². The van der Waals surface area contributed by atoms with Gasteiger partial charge in [0.15, 0.2) is 12.0 Å². The number of allylic oxidation sites excluding steroid dienone is 3. The standard InChI is InChI=1S/C20H33NO3/c1-4-6-8-9-10-11-16(3)15-17(22)13-14-19-21-20(23)18(24-19)12-7-5-2/h13-15,18-19H,4-12H2,1-3H3,(H,21,23)/b14-13?,16-15+. The Morgan fingerprint density at radius 1 is 1.12 bits per heavy atom. The maximum absolute atomic E-state index is 11.9. The Kier molecular flexibility index (Phi) is 10.3. The van der Waals surface area contributed by atoms with Crippen LogP contribution in [0.2, 0.25) is 0 Å². The maximum atomic E-state index is 11.9. The highest BCUT2D eigenvalue weighted by Gasteiger charge is 2.30. The van der Waals surface area contributed by atoms with E-state index >= 15 is 0 Å². The van der Waals surface area contributed by atoms with Gasteiger partial charge in [-0.1, -0.05) is 57.9 Å². The van der Waals surface area contributed by atoms with Crippen molar-refractivity contribution in [3.8, 4) is 0 Å². The third kappa shape index (κ3) is 8.44. The number of hydrogen-bond donors (Lipinski definition) is 1. The van der Waals surface area contributed by atoms with Crippen molar-refractivity contribution in [1.82, 2.24) is 5.32 Å². The molecule has 24 heavy (non-hydrogen) atoms. The quantitative estimate of drug-likeness (QED) is 0.423. The number of carbonyl (C=O) groups is 2. The zero-order valence-corrected chi connectivity index (χ0v) is 15.5. The van der Waals surface area contributed by atoms with Crippen molar-refractivity contribution in [2.24, 2.45) is 0 Å². The summed E-state index contributed by atoms with van der Waals surface area (Å²) in [5.74, 6) is -0.125. The second kappa shape index (κ2) is 12.0. The zero-order chi connectivity index (χ0) is 17.8. The second-order valence-electron chi connectivity index (χ2n) is 6.61. The molecule has 136 valence electrons. The molecule has 1 aliphatic rings. The van der Waals surface area contributed by atoms with Gasteiger partial charge >= 0.3 is 0 Å². The van der Waals surface area contributed by atoms with E-state index in [0.29, 0.717) is 0 Å². The summed E-state index contributed by atoms with van der Waals surface area (Å²) < 4.78 is 5.61. The minimum Gasteiger partial charge on any atom is -0.342 e. The highest BCUT2D eigenvalue weighted by Crippen LogP contribution is 2.14. The Morgan fingerprint density at radius 3 is 2.54 bits per heavy atom. The van der Waals surface area contributed by atoms with E-state index in [4.69, 9.17) is 4.74 Å². The van der Waals surface area contributed by atoms with Gasteiger partial charge in [0.1, 0.15) is 6.10 Å². The Bertz CT molecular complexity index is 454. The van der Waals surface area contributed by atoms with Gasteiger partial charge in [-0.05, 0) is 44.4 Å². The van der Waals surface area contributed by atoms with Crippen molar-refractivity contribution in [3.05, 3.63) is 23.8 Å². The Balaban J connectivity index is 2.32. The number of unbranched alkanes of at least 4 members (excludes halogenated alkanes) is 5. The molecule has 0 aliphatic carbocycles. The molecule has 2 atom stereocenters. The van der Waals surface area contributed by atoms with E-state index in [1.165, 1.54) is 31.8 Å². The number of amides is 1. The molecule has 0 aromatic rings. The minimum absolute atomic E-state index is 0.0454. The summed E-state index contributed by atoms with van der Waals surface area (Å²) in [5.41, 5.74) is 1.11. The lowest BCUT2D eigenvalue weighted by Crippen LogP contribution is -2.26. The molecule has 0 saturated carbocycles. The fourth-order valence-electron chi connectivity index (χ4n) is 2.74. The highest BCUT2D eigenvalue weighted by molar-refractivity contribution is 5.99. The third-order valence-corrected chi connectivity index (χ3v) is 4.21. The average molecular weight is 335 g/mol. The molecule has 0 bridgehead atoms. The van der Waals surface area contributed by atoms with Gasteiger partial charge in [-0.25, -0.2) is 0 Å². The summed E-state index contributed by atoms with van der Waals surface area (Å²) in [6.07, 6.45) is 13.8. The fraction of sp³-hybridized carbons (Fsp3) is 0.700. The molecule has 0 aromatic carbocycles. The van der Waals surface area contributed by atoms with Gasteiger partial charge in [-0.3, -0.25) is 9.59 Å². The van der Waals surface area contributed by atoms with E-state index in [1.54, 1.807) is 12.2 Å². The summed E-state index contributed by atoms with van der Waals surface area (Å²) >= 11 is 0. The van der Waals surface area contributed by atoms with E-state index in [9.17, 15) is 9.59 Å². The highest BCUT2D eigenvalue weighted by atomic mass is 16.5. The van der Waals surface area contributed by atoms with Gasteiger partial charge in [0, 0.05) is 0 Å². The SMILES string of the molecule is CCCCCCC/C(C)=C/C(=O)C=CC1NC(=O)C(CCCC)O1. The number of ketones is 1. The lowest BCUT2D eigenvalue weighted by molar-refractivity contribution is -0.123. The molecule has 1 rings (SSSR count). The topological polar surface area (TPSA) is 55.4 Å². The Labute approximate surface area is 146 Å². The number of hydrogen-bond acceptors (Lipinski definition) is 3. The monoisotopic (exact) mass is 335 g/mol. The first-order chi connectivity index (χ1) is 11.6.